The zero-order valence-electron chi connectivity index (χ0n) is 68.3. The second-order valence-corrected chi connectivity index (χ2v) is 27.3. The molecule has 1 saturated heterocycles. The number of carbonyl (C=O) groups is 9. The summed E-state index contributed by atoms with van der Waals surface area (Å²) in [5, 5.41) is 27.4. The van der Waals surface area contributed by atoms with Crippen LogP contribution < -0.4 is 31.6 Å². The van der Waals surface area contributed by atoms with E-state index in [-0.39, 0.29) is 69.3 Å². The fraction of sp³-hybridized carbons (Fsp3) is 0.344. The minimum atomic E-state index is 0.0519. The number of nitrogen functional groups attached to an aromatic ring is 3. The number of ketones is 9. The van der Waals surface area contributed by atoms with Crippen LogP contribution >= 0.6 is 0 Å². The predicted molar refractivity (Wildman–Crippen MR) is 455 cm³/mol. The Bertz CT molecular complexity index is 4100. The number of aromatic nitrogens is 2. The number of nitrogens with zero attached hydrogens (tertiary/aromatic N) is 3. The molecule has 610 valence electrons. The van der Waals surface area contributed by atoms with Gasteiger partial charge in [0.2, 0.25) is 0 Å². The van der Waals surface area contributed by atoms with E-state index in [4.69, 9.17) is 41.6 Å². The summed E-state index contributed by atoms with van der Waals surface area (Å²) in [7, 11) is 1.50. The molecule has 1 fully saturated rings. The minimum absolute atomic E-state index is 0.0519. The third-order valence-corrected chi connectivity index (χ3v) is 16.5. The number of Topliss-reactive ketones (excluding diaryl/α,β-unsaturated/α-hetero) is 9. The van der Waals surface area contributed by atoms with Crippen LogP contribution in [0.2, 0.25) is 0 Å². The van der Waals surface area contributed by atoms with Gasteiger partial charge in [-0.05, 0) is 251 Å². The Morgan fingerprint density at radius 2 is 0.851 bits per heavy atom. The number of hydrogen-bond acceptors (Lipinski definition) is 21. The third-order valence-electron chi connectivity index (χ3n) is 16.5. The van der Waals surface area contributed by atoms with Crippen LogP contribution in [-0.4, -0.2) is 117 Å². The van der Waals surface area contributed by atoms with E-state index in [0.717, 1.165) is 116 Å². The molecule has 0 unspecified atom stereocenters. The van der Waals surface area contributed by atoms with Crippen LogP contribution in [0.3, 0.4) is 0 Å². The lowest BCUT2D eigenvalue weighted by Gasteiger charge is -2.27. The number of nitrogens with two attached hydrogens (primary N) is 3. The van der Waals surface area contributed by atoms with Crippen molar-refractivity contribution in [2.24, 2.45) is 0 Å². The molecule has 1 aliphatic rings. The van der Waals surface area contributed by atoms with Gasteiger partial charge < -0.3 is 85.2 Å². The van der Waals surface area contributed by atoms with Crippen molar-refractivity contribution in [3.05, 3.63) is 257 Å². The average molecular weight is 1560 g/mol. The maximum atomic E-state index is 11.1. The normalized spacial score (nSPS) is 10.6. The number of phenolic OH excluding ortho intramolecular Hbond substituents is 3. The molecule has 21 nitrogen and oxygen atoms in total. The highest BCUT2D eigenvalue weighted by Gasteiger charge is 2.13. The second-order valence-electron chi connectivity index (χ2n) is 27.3. The number of methoxy groups -OCH3 is 1. The molecule has 0 atom stereocenters. The number of carbonyl (C=O) groups excluding carboxylic acids is 9. The predicted octanol–water partition coefficient (Wildman–Crippen LogP) is 16.6. The van der Waals surface area contributed by atoms with Crippen LogP contribution in [0.15, 0.2) is 207 Å². The number of morpholine rings is 1. The van der Waals surface area contributed by atoms with Crippen LogP contribution in [0.4, 0.5) is 23.0 Å². The van der Waals surface area contributed by atoms with Crippen molar-refractivity contribution >= 4 is 75.1 Å². The van der Waals surface area contributed by atoms with Crippen molar-refractivity contribution in [2.75, 3.05) is 62.1 Å². The molecule has 0 saturated carbocycles. The van der Waals surface area contributed by atoms with E-state index in [1.807, 2.05) is 134 Å². The Kier molecular flexibility index (Phi) is 49.9. The molecule has 7 aromatic carbocycles. The van der Waals surface area contributed by atoms with Crippen LogP contribution in [0.25, 0.3) is 0 Å². The van der Waals surface area contributed by atoms with E-state index in [1.54, 1.807) is 129 Å². The van der Waals surface area contributed by atoms with Gasteiger partial charge in [-0.3, -0.25) is 9.59 Å². The maximum absolute atomic E-state index is 11.1. The van der Waals surface area contributed by atoms with Crippen molar-refractivity contribution in [2.45, 2.75) is 172 Å². The number of hydrogen-bond donors (Lipinski definition) is 6. The summed E-state index contributed by atoms with van der Waals surface area (Å²) in [6.07, 6.45) is 14.5. The highest BCUT2D eigenvalue weighted by atomic mass is 16.5. The second kappa shape index (κ2) is 58.0. The largest absolute Gasteiger partial charge is 0.508 e. The number of rotatable bonds is 29. The molecular weight excluding hydrogens is 1440 g/mol. The minimum Gasteiger partial charge on any atom is -0.508 e. The monoisotopic (exact) mass is 1560 g/mol. The molecule has 114 heavy (non-hydrogen) atoms. The number of benzene rings is 7. The molecule has 0 spiro atoms. The van der Waals surface area contributed by atoms with Gasteiger partial charge in [0, 0.05) is 93.8 Å². The van der Waals surface area contributed by atoms with E-state index in [9.17, 15) is 48.3 Å². The third kappa shape index (κ3) is 50.8. The van der Waals surface area contributed by atoms with Crippen LogP contribution in [-0.2, 0) is 88.0 Å². The lowest BCUT2D eigenvalue weighted by Crippen LogP contribution is -2.36. The first-order chi connectivity index (χ1) is 54.3. The zero-order chi connectivity index (χ0) is 84.6. The standard InChI is InChI=1S/C11H14N2O2.C11H14O3.C11H14O2.C11H14O.2C10H13NO.2C10H12O2.C9H12N2O/c1-9(14)10-2-3-11(12-8-10)13-4-6-15-7-5-13;1-8(12)3-4-9-5-6-10(13)11(7-9)14-2;1-9-3-5-11(6-4-9)13-8-7-10(2)12;1-10(12)6-5-9-11-7-3-2-4-8-11;1-8(12)2-3-9-4-6-10(11)7-5-9;1-8(12)5-6-9-3-2-4-10(11)7-9;1-8(11)2-3-9-4-6-10(12)7-5-9;1-8(11)5-6-9-3-2-4-10(12)7-9;1-7(12)2-3-8-4-5-9(10)11-6-8/h2-3,8H,4-7H2,1H3;5-7,13H,3-4H2,1-2H3;3-6H,7-8H2,1-2H3;2-4,7-8H,5-6,9H2,1H3;4-7H,2-3,11H2,1H3;2-4,7H,5-6,11H2,1H3;4-7,12H,2-3H2,1H3;2-4,7,12H,5-6H2,1H3;4-6H,2-3H2,1H3,(H2,10,11). The van der Waals surface area contributed by atoms with E-state index in [2.05, 4.69) is 27.0 Å². The Hall–Kier alpha value is -12.0. The topological polar surface area (TPSA) is 349 Å². The first-order valence-electron chi connectivity index (χ1n) is 38.1. The summed E-state index contributed by atoms with van der Waals surface area (Å²) in [5.74, 6) is 5.04. The van der Waals surface area contributed by atoms with Crippen molar-refractivity contribution in [3.8, 4) is 28.7 Å². The van der Waals surface area contributed by atoms with E-state index in [0.29, 0.717) is 87.9 Å². The van der Waals surface area contributed by atoms with Gasteiger partial charge in [0.05, 0.1) is 26.9 Å². The Balaban J connectivity index is 0.000000436. The summed E-state index contributed by atoms with van der Waals surface area (Å²) >= 11 is 0. The number of ether oxygens (including phenoxy) is 3. The van der Waals surface area contributed by atoms with Crippen molar-refractivity contribution in [1.29, 1.82) is 0 Å². The summed E-state index contributed by atoms with van der Waals surface area (Å²) in [6.45, 7) is 20.0. The maximum Gasteiger partial charge on any atom is 0.161 e. The van der Waals surface area contributed by atoms with Gasteiger partial charge in [-0.25, -0.2) is 9.97 Å². The fourth-order valence-corrected chi connectivity index (χ4v) is 9.90. The summed E-state index contributed by atoms with van der Waals surface area (Å²) in [6, 6.07) is 59.7. The lowest BCUT2D eigenvalue weighted by molar-refractivity contribution is -0.118. The fourth-order valence-electron chi connectivity index (χ4n) is 9.90. The van der Waals surface area contributed by atoms with Crippen molar-refractivity contribution < 1.29 is 72.7 Å². The molecule has 0 aliphatic carbocycles. The van der Waals surface area contributed by atoms with Crippen molar-refractivity contribution in [1.82, 2.24) is 9.97 Å². The Labute approximate surface area is 673 Å². The smallest absolute Gasteiger partial charge is 0.161 e. The Morgan fingerprint density at radius 3 is 1.31 bits per heavy atom. The highest BCUT2D eigenvalue weighted by molar-refractivity contribution is 5.94. The highest BCUT2D eigenvalue weighted by Crippen LogP contribution is 2.27. The average Bonchev–Trinajstić information content (AvgIpc) is 0.867. The molecular formula is C93H118N6O15. The first kappa shape index (κ1) is 98.1. The van der Waals surface area contributed by atoms with E-state index < -0.39 is 0 Å². The molecule has 2 aromatic heterocycles. The molecule has 0 amide bonds. The molecule has 1 aliphatic heterocycles. The molecule has 21 heteroatoms. The number of aryl methyl sites for hydroxylation is 8. The van der Waals surface area contributed by atoms with Crippen LogP contribution in [0.1, 0.15) is 175 Å². The van der Waals surface area contributed by atoms with Gasteiger partial charge in [0.1, 0.15) is 75.2 Å². The number of pyridine rings is 2. The first-order valence-corrected chi connectivity index (χ1v) is 38.1. The summed E-state index contributed by atoms with van der Waals surface area (Å²) in [5.41, 5.74) is 27.6. The van der Waals surface area contributed by atoms with Gasteiger partial charge in [0.25, 0.3) is 0 Å². The van der Waals surface area contributed by atoms with E-state index >= 15 is 0 Å². The number of phenols is 3. The lowest BCUT2D eigenvalue weighted by atomic mass is 10.1. The zero-order valence-corrected chi connectivity index (χ0v) is 68.3. The van der Waals surface area contributed by atoms with E-state index in [1.165, 1.54) is 23.8 Å². The molecule has 3 heterocycles. The van der Waals surface area contributed by atoms with Crippen LogP contribution in [0.5, 0.6) is 28.7 Å². The molecule has 9 aromatic rings. The molecule has 0 radical (unpaired) electrons. The molecule has 9 N–H and O–H groups in total. The van der Waals surface area contributed by atoms with Gasteiger partial charge >= 0.3 is 0 Å². The van der Waals surface area contributed by atoms with Gasteiger partial charge in [-0.2, -0.15) is 0 Å². The van der Waals surface area contributed by atoms with Gasteiger partial charge in [-0.15, -0.1) is 0 Å². The SMILES string of the molecule is CC(=O)CCCc1ccccc1.CC(=O)CCOc1ccc(C)cc1.CC(=O)CCc1ccc(N)cc1.CC(=O)CCc1ccc(N)nc1.CC(=O)CCc1ccc(O)cc1.CC(=O)CCc1cccc(N)c1.CC(=O)CCc1cccc(O)c1.CC(=O)c1ccc(N2CCOCC2)nc1.COc1cc(CCC(C)=O)ccc1O. The number of anilines is 4. The summed E-state index contributed by atoms with van der Waals surface area (Å²) in [4.78, 5) is 107. The Morgan fingerprint density at radius 1 is 0.404 bits per heavy atom. The summed E-state index contributed by atoms with van der Waals surface area (Å²) < 4.78 is 15.6. The number of aromatic hydroxyl groups is 3. The van der Waals surface area contributed by atoms with Crippen LogP contribution in [0, 0.1) is 6.92 Å². The van der Waals surface area contributed by atoms with Gasteiger partial charge in [0.15, 0.2) is 17.3 Å². The molecule has 0 bridgehead atoms. The van der Waals surface area contributed by atoms with Crippen molar-refractivity contribution in [3.63, 3.8) is 0 Å². The molecule has 10 rings (SSSR count). The quantitative estimate of drug-likeness (QED) is 0.0187. The van der Waals surface area contributed by atoms with Gasteiger partial charge in [-0.1, -0.05) is 109 Å².